The average molecular weight is 403 g/mol. The third kappa shape index (κ3) is 5.38. The Bertz CT molecular complexity index is 820. The van der Waals surface area contributed by atoms with Gasteiger partial charge in [-0.05, 0) is 42.3 Å². The molecule has 0 bridgehead atoms. The van der Waals surface area contributed by atoms with Crippen molar-refractivity contribution in [3.8, 4) is 5.75 Å². The number of phenolic OH excluding ortho intramolecular Hbond substituents is 1. The lowest BCUT2D eigenvalue weighted by Crippen LogP contribution is -2.51. The molecule has 0 radical (unpaired) electrons. The van der Waals surface area contributed by atoms with Crippen LogP contribution in [0.15, 0.2) is 47.5 Å². The minimum Gasteiger partial charge on any atom is -0.508 e. The second-order valence-electron chi connectivity index (χ2n) is 6.91. The summed E-state index contributed by atoms with van der Waals surface area (Å²) in [6, 6.07) is 13.0. The fraction of sp³-hybridized carbons (Fsp3) is 0.381. The zero-order valence-electron chi connectivity index (χ0n) is 16.1. The van der Waals surface area contributed by atoms with Crippen LogP contribution in [-0.4, -0.2) is 65.3 Å². The van der Waals surface area contributed by atoms with Crippen molar-refractivity contribution in [3.05, 3.63) is 58.6 Å². The minimum atomic E-state index is 0.179. The Hall–Kier alpha value is -2.28. The van der Waals surface area contributed by atoms with E-state index in [-0.39, 0.29) is 12.4 Å². The molecule has 1 aliphatic heterocycles. The van der Waals surface area contributed by atoms with Gasteiger partial charge in [0.05, 0.1) is 13.2 Å². The second-order valence-corrected chi connectivity index (χ2v) is 7.31. The summed E-state index contributed by atoms with van der Waals surface area (Å²) >= 11 is 6.29. The van der Waals surface area contributed by atoms with E-state index in [1.165, 1.54) is 0 Å². The zero-order valence-corrected chi connectivity index (χ0v) is 16.9. The molecule has 2 aromatic carbocycles. The van der Waals surface area contributed by atoms with Crippen LogP contribution in [0.2, 0.25) is 5.02 Å². The summed E-state index contributed by atoms with van der Waals surface area (Å²) < 4.78 is 0. The van der Waals surface area contributed by atoms with Gasteiger partial charge in [0.2, 0.25) is 0 Å². The number of β-amino-alcohol motifs (C(OH)–C–C–N with tert-alkyl or cyclic N) is 1. The number of aliphatic hydroxyl groups is 1. The number of aryl methyl sites for hydroxylation is 1. The molecule has 0 spiro atoms. The molecule has 0 saturated carbocycles. The molecule has 0 atom stereocenters. The van der Waals surface area contributed by atoms with Crippen molar-refractivity contribution in [1.29, 1.82) is 0 Å². The van der Waals surface area contributed by atoms with E-state index >= 15 is 0 Å². The van der Waals surface area contributed by atoms with Crippen molar-refractivity contribution in [3.63, 3.8) is 0 Å². The van der Waals surface area contributed by atoms with Crippen LogP contribution in [0.5, 0.6) is 5.75 Å². The van der Waals surface area contributed by atoms with Crippen molar-refractivity contribution >= 4 is 23.2 Å². The first kappa shape index (κ1) is 20.5. The molecule has 1 saturated heterocycles. The first-order valence-corrected chi connectivity index (χ1v) is 9.87. The maximum absolute atomic E-state index is 9.67. The van der Waals surface area contributed by atoms with Crippen LogP contribution < -0.4 is 5.32 Å². The molecule has 0 aliphatic carbocycles. The second kappa shape index (κ2) is 9.78. The number of nitrogens with one attached hydrogen (secondary N) is 1. The molecule has 1 heterocycles. The number of hydrogen-bond donors (Lipinski definition) is 3. The maximum Gasteiger partial charge on any atom is 0.198 e. The van der Waals surface area contributed by atoms with Gasteiger partial charge in [-0.15, -0.1) is 0 Å². The van der Waals surface area contributed by atoms with E-state index in [9.17, 15) is 5.11 Å². The molecule has 1 fully saturated rings. The summed E-state index contributed by atoms with van der Waals surface area (Å²) in [7, 11) is 0. The fourth-order valence-corrected chi connectivity index (χ4v) is 3.43. The fourth-order valence-electron chi connectivity index (χ4n) is 3.24. The third-order valence-electron chi connectivity index (χ3n) is 4.90. The first-order chi connectivity index (χ1) is 13.6. The standard InChI is InChI=1S/C21H27ClN4O2/c1-16-14-18(28)6-7-20(16)24-21(23-15-17-4-2-3-5-19(17)22)26-10-8-25(9-11-26)12-13-27/h2-7,14,27-28H,8-13,15H2,1H3,(H,23,24). The van der Waals surface area contributed by atoms with Crippen LogP contribution in [0.4, 0.5) is 5.69 Å². The number of anilines is 1. The molecule has 6 nitrogen and oxygen atoms in total. The van der Waals surface area contributed by atoms with Gasteiger partial charge < -0.3 is 20.4 Å². The molecule has 0 amide bonds. The average Bonchev–Trinajstić information content (AvgIpc) is 2.69. The van der Waals surface area contributed by atoms with Crippen LogP contribution >= 0.6 is 11.6 Å². The number of guanidine groups is 1. The van der Waals surface area contributed by atoms with Crippen molar-refractivity contribution in [2.75, 3.05) is 44.6 Å². The van der Waals surface area contributed by atoms with Gasteiger partial charge in [0.15, 0.2) is 5.96 Å². The summed E-state index contributed by atoms with van der Waals surface area (Å²) in [5.74, 6) is 1.03. The predicted octanol–water partition coefficient (Wildman–Crippen LogP) is 2.93. The van der Waals surface area contributed by atoms with E-state index in [0.29, 0.717) is 18.1 Å². The lowest BCUT2D eigenvalue weighted by atomic mass is 10.2. The molecule has 7 heteroatoms. The quantitative estimate of drug-likeness (QED) is 0.407. The predicted molar refractivity (Wildman–Crippen MR) is 114 cm³/mol. The highest BCUT2D eigenvalue weighted by Crippen LogP contribution is 2.21. The number of aromatic hydroxyl groups is 1. The summed E-state index contributed by atoms with van der Waals surface area (Å²) in [5.41, 5.74) is 2.84. The summed E-state index contributed by atoms with van der Waals surface area (Å²) in [5, 5.41) is 23.0. The summed E-state index contributed by atoms with van der Waals surface area (Å²) in [6.45, 7) is 6.71. The normalized spacial score (nSPS) is 15.7. The Labute approximate surface area is 171 Å². The Balaban J connectivity index is 1.79. The lowest BCUT2D eigenvalue weighted by molar-refractivity contribution is 0.147. The van der Waals surface area contributed by atoms with Crippen molar-refractivity contribution in [1.82, 2.24) is 9.80 Å². The Kier molecular flexibility index (Phi) is 7.14. The van der Waals surface area contributed by atoms with Gasteiger partial charge in [-0.2, -0.15) is 0 Å². The molecule has 1 aliphatic rings. The molecule has 2 aromatic rings. The third-order valence-corrected chi connectivity index (χ3v) is 5.27. The van der Waals surface area contributed by atoms with E-state index < -0.39 is 0 Å². The smallest absolute Gasteiger partial charge is 0.198 e. The van der Waals surface area contributed by atoms with E-state index in [1.807, 2.05) is 37.3 Å². The molecule has 3 N–H and O–H groups in total. The maximum atomic E-state index is 9.67. The van der Waals surface area contributed by atoms with Crippen LogP contribution in [0, 0.1) is 6.92 Å². The van der Waals surface area contributed by atoms with Gasteiger partial charge in [-0.25, -0.2) is 4.99 Å². The van der Waals surface area contributed by atoms with Crippen molar-refractivity contribution in [2.45, 2.75) is 13.5 Å². The molecule has 3 rings (SSSR count). The number of nitrogens with zero attached hydrogens (tertiary/aromatic N) is 3. The number of piperazine rings is 1. The Morgan fingerprint density at radius 1 is 1.14 bits per heavy atom. The topological polar surface area (TPSA) is 71.3 Å². The van der Waals surface area contributed by atoms with Gasteiger partial charge in [0.1, 0.15) is 5.75 Å². The number of hydrogen-bond acceptors (Lipinski definition) is 4. The molecule has 150 valence electrons. The number of aliphatic hydroxyl groups excluding tert-OH is 1. The summed E-state index contributed by atoms with van der Waals surface area (Å²) in [6.07, 6.45) is 0. The molecule has 0 aromatic heterocycles. The Morgan fingerprint density at radius 2 is 1.89 bits per heavy atom. The highest BCUT2D eigenvalue weighted by atomic mass is 35.5. The van der Waals surface area contributed by atoms with Crippen LogP contribution in [0.3, 0.4) is 0 Å². The van der Waals surface area contributed by atoms with Gasteiger partial charge in [0.25, 0.3) is 0 Å². The lowest BCUT2D eigenvalue weighted by Gasteiger charge is -2.36. The van der Waals surface area contributed by atoms with E-state index in [0.717, 1.165) is 49.0 Å². The number of aliphatic imine (C=N–C) groups is 1. The van der Waals surface area contributed by atoms with Gasteiger partial charge in [-0.3, -0.25) is 4.90 Å². The van der Waals surface area contributed by atoms with Gasteiger partial charge in [0, 0.05) is 43.4 Å². The molecular formula is C21H27ClN4O2. The van der Waals surface area contributed by atoms with Gasteiger partial charge in [-0.1, -0.05) is 29.8 Å². The van der Waals surface area contributed by atoms with Crippen molar-refractivity contribution < 1.29 is 10.2 Å². The van der Waals surface area contributed by atoms with Gasteiger partial charge >= 0.3 is 0 Å². The molecule has 28 heavy (non-hydrogen) atoms. The minimum absolute atomic E-state index is 0.179. The molecular weight excluding hydrogens is 376 g/mol. The Morgan fingerprint density at radius 3 is 2.57 bits per heavy atom. The first-order valence-electron chi connectivity index (χ1n) is 9.49. The van der Waals surface area contributed by atoms with E-state index in [2.05, 4.69) is 15.1 Å². The van der Waals surface area contributed by atoms with E-state index in [1.54, 1.807) is 12.1 Å². The highest BCUT2D eigenvalue weighted by Gasteiger charge is 2.20. The van der Waals surface area contributed by atoms with Crippen LogP contribution in [0.1, 0.15) is 11.1 Å². The van der Waals surface area contributed by atoms with Crippen LogP contribution in [-0.2, 0) is 6.54 Å². The summed E-state index contributed by atoms with van der Waals surface area (Å²) in [4.78, 5) is 9.29. The zero-order chi connectivity index (χ0) is 19.9. The highest BCUT2D eigenvalue weighted by molar-refractivity contribution is 6.31. The van der Waals surface area contributed by atoms with Crippen molar-refractivity contribution in [2.24, 2.45) is 4.99 Å². The number of rotatable bonds is 5. The van der Waals surface area contributed by atoms with E-state index in [4.69, 9.17) is 21.7 Å². The van der Waals surface area contributed by atoms with Crippen LogP contribution in [0.25, 0.3) is 0 Å². The monoisotopic (exact) mass is 402 g/mol. The number of phenols is 1. The number of halogens is 1. The largest absolute Gasteiger partial charge is 0.508 e. The SMILES string of the molecule is Cc1cc(O)ccc1NC(=NCc1ccccc1Cl)N1CCN(CCO)CC1. The number of benzene rings is 2. The molecule has 0 unspecified atom stereocenters.